The standard InChI is InChI=1S/C16H9NO8/c18-13(19)7-1-5-6-2-8(14(20)21)10(16(24)25)4-12(6)17-11(5)3-9(7)15(22)23/h1-4,17H,(H,18,19)(H,20,21)(H,22,23)(H,24,25). The highest BCUT2D eigenvalue weighted by molar-refractivity contribution is 6.16. The molecule has 0 saturated carbocycles. The first-order valence-electron chi connectivity index (χ1n) is 6.77. The van der Waals surface area contributed by atoms with Gasteiger partial charge in [-0.3, -0.25) is 0 Å². The Kier molecular flexibility index (Phi) is 3.42. The molecule has 0 amide bonds. The molecule has 0 atom stereocenters. The van der Waals surface area contributed by atoms with Gasteiger partial charge in [0.05, 0.1) is 22.3 Å². The molecule has 9 heteroatoms. The summed E-state index contributed by atoms with van der Waals surface area (Å²) in [7, 11) is 0. The lowest BCUT2D eigenvalue weighted by Gasteiger charge is -2.03. The molecule has 9 nitrogen and oxygen atoms in total. The van der Waals surface area contributed by atoms with E-state index in [1.807, 2.05) is 0 Å². The normalized spacial score (nSPS) is 10.9. The van der Waals surface area contributed by atoms with Crippen molar-refractivity contribution in [2.75, 3.05) is 0 Å². The first kappa shape index (κ1) is 16.0. The molecule has 3 aromatic rings. The van der Waals surface area contributed by atoms with Crippen LogP contribution in [0.3, 0.4) is 0 Å². The Morgan fingerprint density at radius 2 is 0.840 bits per heavy atom. The number of H-pyrrole nitrogens is 1. The van der Waals surface area contributed by atoms with Gasteiger partial charge in [-0.05, 0) is 24.3 Å². The highest BCUT2D eigenvalue weighted by Gasteiger charge is 2.22. The van der Waals surface area contributed by atoms with E-state index in [0.29, 0.717) is 0 Å². The Morgan fingerprint density at radius 3 is 1.12 bits per heavy atom. The third-order valence-corrected chi connectivity index (χ3v) is 3.80. The molecule has 0 aliphatic rings. The highest BCUT2D eigenvalue weighted by atomic mass is 16.4. The van der Waals surface area contributed by atoms with Crippen LogP contribution in [-0.4, -0.2) is 49.3 Å². The number of aromatic carboxylic acids is 4. The fourth-order valence-corrected chi connectivity index (χ4v) is 2.70. The summed E-state index contributed by atoms with van der Waals surface area (Å²) in [5.41, 5.74) is -1.31. The summed E-state index contributed by atoms with van der Waals surface area (Å²) in [4.78, 5) is 47.9. The molecule has 0 unspecified atom stereocenters. The molecule has 2 aromatic carbocycles. The van der Waals surface area contributed by atoms with Gasteiger partial charge in [-0.15, -0.1) is 0 Å². The van der Waals surface area contributed by atoms with E-state index in [1.54, 1.807) is 0 Å². The number of carboxylic acids is 4. The molecule has 0 saturated heterocycles. The second kappa shape index (κ2) is 5.34. The van der Waals surface area contributed by atoms with Gasteiger partial charge in [-0.25, -0.2) is 19.2 Å². The number of rotatable bonds is 4. The van der Waals surface area contributed by atoms with E-state index in [2.05, 4.69) is 4.98 Å². The average Bonchev–Trinajstić information content (AvgIpc) is 2.88. The van der Waals surface area contributed by atoms with E-state index >= 15 is 0 Å². The molecule has 0 fully saturated rings. The minimum absolute atomic E-state index is 0.247. The number of carbonyl (C=O) groups is 4. The molecule has 0 aliphatic carbocycles. The van der Waals surface area contributed by atoms with Gasteiger partial charge in [-0.1, -0.05) is 0 Å². The first-order chi connectivity index (χ1) is 11.7. The molecule has 0 spiro atoms. The predicted octanol–water partition coefficient (Wildman–Crippen LogP) is 2.11. The number of aromatic nitrogens is 1. The number of aromatic amines is 1. The first-order valence-corrected chi connectivity index (χ1v) is 6.77. The van der Waals surface area contributed by atoms with Gasteiger partial charge in [0, 0.05) is 21.8 Å². The summed E-state index contributed by atoms with van der Waals surface area (Å²) < 4.78 is 0. The van der Waals surface area contributed by atoms with E-state index in [0.717, 1.165) is 24.3 Å². The van der Waals surface area contributed by atoms with Crippen LogP contribution in [-0.2, 0) is 0 Å². The van der Waals surface area contributed by atoms with E-state index in [1.165, 1.54) is 0 Å². The molecule has 1 heterocycles. The van der Waals surface area contributed by atoms with Crippen molar-refractivity contribution >= 4 is 45.7 Å². The van der Waals surface area contributed by atoms with Crippen LogP contribution < -0.4 is 0 Å². The van der Waals surface area contributed by atoms with Crippen molar-refractivity contribution in [3.63, 3.8) is 0 Å². The van der Waals surface area contributed by atoms with Crippen molar-refractivity contribution in [3.05, 3.63) is 46.5 Å². The van der Waals surface area contributed by atoms with Crippen LogP contribution in [0, 0.1) is 0 Å². The van der Waals surface area contributed by atoms with Crippen molar-refractivity contribution < 1.29 is 39.6 Å². The number of benzene rings is 2. The fraction of sp³-hybridized carbons (Fsp3) is 0. The van der Waals surface area contributed by atoms with Crippen LogP contribution in [0.4, 0.5) is 0 Å². The number of hydrogen-bond acceptors (Lipinski definition) is 4. The summed E-state index contributed by atoms with van der Waals surface area (Å²) in [5, 5.41) is 37.2. The van der Waals surface area contributed by atoms with Crippen molar-refractivity contribution in [1.82, 2.24) is 4.98 Å². The fourth-order valence-electron chi connectivity index (χ4n) is 2.70. The zero-order chi connectivity index (χ0) is 18.5. The van der Waals surface area contributed by atoms with E-state index in [-0.39, 0.29) is 21.8 Å². The maximum atomic E-state index is 11.3. The molecular formula is C16H9NO8. The van der Waals surface area contributed by atoms with Gasteiger partial charge in [-0.2, -0.15) is 0 Å². The van der Waals surface area contributed by atoms with Crippen LogP contribution in [0.5, 0.6) is 0 Å². The predicted molar refractivity (Wildman–Crippen MR) is 83.6 cm³/mol. The zero-order valence-corrected chi connectivity index (χ0v) is 12.2. The molecule has 0 radical (unpaired) electrons. The highest BCUT2D eigenvalue weighted by Crippen LogP contribution is 2.30. The SMILES string of the molecule is O=C(O)c1cc2[nH]c3cc(C(=O)O)c(C(=O)O)cc3c2cc1C(=O)O. The number of carboxylic acid groups (broad SMARTS) is 4. The summed E-state index contributed by atoms with van der Waals surface area (Å²) >= 11 is 0. The third kappa shape index (κ3) is 2.43. The second-order valence-electron chi connectivity index (χ2n) is 5.23. The van der Waals surface area contributed by atoms with Gasteiger partial charge in [0.1, 0.15) is 0 Å². The molecule has 1 aromatic heterocycles. The van der Waals surface area contributed by atoms with Crippen LogP contribution in [0.25, 0.3) is 21.8 Å². The largest absolute Gasteiger partial charge is 0.478 e. The number of nitrogens with one attached hydrogen (secondary N) is 1. The van der Waals surface area contributed by atoms with E-state index in [4.69, 9.17) is 10.2 Å². The van der Waals surface area contributed by atoms with Crippen molar-refractivity contribution in [2.45, 2.75) is 0 Å². The molecule has 5 N–H and O–H groups in total. The second-order valence-corrected chi connectivity index (χ2v) is 5.23. The van der Waals surface area contributed by atoms with Crippen LogP contribution in [0.15, 0.2) is 24.3 Å². The molecule has 126 valence electrons. The van der Waals surface area contributed by atoms with Crippen molar-refractivity contribution in [2.24, 2.45) is 0 Å². The monoisotopic (exact) mass is 343 g/mol. The van der Waals surface area contributed by atoms with Gasteiger partial charge >= 0.3 is 23.9 Å². The van der Waals surface area contributed by atoms with Crippen LogP contribution in [0.2, 0.25) is 0 Å². The Hall–Kier alpha value is -3.88. The Balaban J connectivity index is 2.46. The summed E-state index contributed by atoms with van der Waals surface area (Å²) in [6, 6.07) is 4.46. The van der Waals surface area contributed by atoms with Crippen molar-refractivity contribution in [1.29, 1.82) is 0 Å². The Labute approximate surface area is 137 Å². The van der Waals surface area contributed by atoms with Gasteiger partial charge in [0.2, 0.25) is 0 Å². The lowest BCUT2D eigenvalue weighted by molar-refractivity contribution is 0.0652. The molecule has 3 rings (SSSR count). The van der Waals surface area contributed by atoms with Crippen LogP contribution >= 0.6 is 0 Å². The molecule has 0 aliphatic heterocycles. The lowest BCUT2D eigenvalue weighted by Crippen LogP contribution is -2.08. The van der Waals surface area contributed by atoms with Crippen molar-refractivity contribution in [3.8, 4) is 0 Å². The minimum Gasteiger partial charge on any atom is -0.478 e. The molecule has 25 heavy (non-hydrogen) atoms. The Morgan fingerprint density at radius 1 is 0.560 bits per heavy atom. The minimum atomic E-state index is -1.45. The maximum Gasteiger partial charge on any atom is 0.336 e. The van der Waals surface area contributed by atoms with Crippen LogP contribution in [0.1, 0.15) is 41.4 Å². The van der Waals surface area contributed by atoms with Gasteiger partial charge in [0.25, 0.3) is 0 Å². The summed E-state index contributed by atoms with van der Waals surface area (Å²) in [6.07, 6.45) is 0. The van der Waals surface area contributed by atoms with Gasteiger partial charge in [0.15, 0.2) is 0 Å². The summed E-state index contributed by atoms with van der Waals surface area (Å²) in [6.45, 7) is 0. The number of fused-ring (bicyclic) bond motifs is 3. The molecule has 0 bridgehead atoms. The Bertz CT molecular complexity index is 1020. The smallest absolute Gasteiger partial charge is 0.336 e. The topological polar surface area (TPSA) is 165 Å². The summed E-state index contributed by atoms with van der Waals surface area (Å²) in [5.74, 6) is -5.77. The van der Waals surface area contributed by atoms with E-state index < -0.39 is 46.1 Å². The van der Waals surface area contributed by atoms with Gasteiger partial charge < -0.3 is 25.4 Å². The lowest BCUT2D eigenvalue weighted by atomic mass is 10.0. The average molecular weight is 343 g/mol. The quantitative estimate of drug-likeness (QED) is 0.480. The van der Waals surface area contributed by atoms with E-state index in [9.17, 15) is 29.4 Å². The molecular weight excluding hydrogens is 334 g/mol. The number of hydrogen-bond donors (Lipinski definition) is 5. The third-order valence-electron chi connectivity index (χ3n) is 3.80. The maximum absolute atomic E-state index is 11.3. The zero-order valence-electron chi connectivity index (χ0n) is 12.2.